The van der Waals surface area contributed by atoms with Crippen LogP contribution in [-0.4, -0.2) is 34.3 Å². The maximum Gasteiger partial charge on any atom is 0.311 e. The number of hydrogen-bond acceptors (Lipinski definition) is 3. The summed E-state index contributed by atoms with van der Waals surface area (Å²) in [7, 11) is 0. The Morgan fingerprint density at radius 3 is 3.20 bits per heavy atom. The number of nitrogens with one attached hydrogen (secondary N) is 1. The van der Waals surface area contributed by atoms with Crippen LogP contribution in [-0.2, 0) is 21.4 Å². The smallest absolute Gasteiger partial charge is 0.311 e. The van der Waals surface area contributed by atoms with Crippen LogP contribution in [0.2, 0.25) is 0 Å². The molecule has 1 aliphatic heterocycles. The first-order chi connectivity index (χ1) is 7.10. The van der Waals surface area contributed by atoms with E-state index < -0.39 is 5.97 Å². The minimum Gasteiger partial charge on any atom is -0.481 e. The van der Waals surface area contributed by atoms with Gasteiger partial charge in [0.2, 0.25) is 0 Å². The van der Waals surface area contributed by atoms with Crippen LogP contribution >= 0.6 is 0 Å². The van der Waals surface area contributed by atoms with Crippen LogP contribution in [0.1, 0.15) is 24.9 Å². The summed E-state index contributed by atoms with van der Waals surface area (Å²) in [5.74, 6) is -0.366. The first-order valence-corrected chi connectivity index (χ1v) is 4.94. The predicted molar refractivity (Wildman–Crippen MR) is 52.7 cm³/mol. The lowest BCUT2D eigenvalue weighted by Crippen LogP contribution is -2.22. The van der Waals surface area contributed by atoms with Crippen LogP contribution in [0, 0.1) is 0 Å². The molecule has 1 atom stereocenters. The van der Waals surface area contributed by atoms with Crippen LogP contribution in [0.4, 0.5) is 0 Å². The minimum atomic E-state index is -0.872. The standard InChI is InChI=1S/C10H14N2O3/c1-10(2-3-15-6-10)7-5-11-8(12-7)4-9(13)14/h5H,2-4,6H2,1H3,(H,11,12)(H,13,14). The van der Waals surface area contributed by atoms with E-state index >= 15 is 0 Å². The Hall–Kier alpha value is -1.36. The molecule has 2 N–H and O–H groups in total. The highest BCUT2D eigenvalue weighted by molar-refractivity contribution is 5.69. The van der Waals surface area contributed by atoms with E-state index in [2.05, 4.69) is 16.9 Å². The monoisotopic (exact) mass is 210 g/mol. The average molecular weight is 210 g/mol. The van der Waals surface area contributed by atoms with Crippen LogP contribution in [0.25, 0.3) is 0 Å². The van der Waals surface area contributed by atoms with Gasteiger partial charge in [-0.1, -0.05) is 6.92 Å². The van der Waals surface area contributed by atoms with Gasteiger partial charge in [-0.15, -0.1) is 0 Å². The lowest BCUT2D eigenvalue weighted by molar-refractivity contribution is -0.136. The van der Waals surface area contributed by atoms with Crippen LogP contribution < -0.4 is 0 Å². The van der Waals surface area contributed by atoms with Crippen molar-refractivity contribution < 1.29 is 14.6 Å². The quantitative estimate of drug-likeness (QED) is 0.770. The highest BCUT2D eigenvalue weighted by atomic mass is 16.5. The van der Waals surface area contributed by atoms with E-state index in [9.17, 15) is 4.79 Å². The molecule has 1 unspecified atom stereocenters. The topological polar surface area (TPSA) is 75.2 Å². The van der Waals surface area contributed by atoms with Crippen molar-refractivity contribution >= 4 is 5.97 Å². The summed E-state index contributed by atoms with van der Waals surface area (Å²) in [5, 5.41) is 8.62. The Bertz CT molecular complexity index is 366. The lowest BCUT2D eigenvalue weighted by Gasteiger charge is -2.18. The molecule has 1 aromatic rings. The molecule has 0 amide bonds. The molecule has 0 aromatic carbocycles. The molecule has 0 radical (unpaired) electrons. The number of aromatic amines is 1. The molecule has 1 fully saturated rings. The second-order valence-corrected chi connectivity index (χ2v) is 4.18. The van der Waals surface area contributed by atoms with E-state index in [-0.39, 0.29) is 11.8 Å². The van der Waals surface area contributed by atoms with Crippen molar-refractivity contribution in [3.05, 3.63) is 17.7 Å². The number of carbonyl (C=O) groups is 1. The molecular weight excluding hydrogens is 196 g/mol. The minimum absolute atomic E-state index is 0.0379. The number of carboxylic acid groups (broad SMARTS) is 1. The van der Waals surface area contributed by atoms with Gasteiger partial charge in [-0.3, -0.25) is 4.79 Å². The Morgan fingerprint density at radius 2 is 2.60 bits per heavy atom. The summed E-state index contributed by atoms with van der Waals surface area (Å²) < 4.78 is 5.34. The van der Waals surface area contributed by atoms with Crippen molar-refractivity contribution in [2.24, 2.45) is 0 Å². The van der Waals surface area contributed by atoms with Crippen molar-refractivity contribution in [1.29, 1.82) is 0 Å². The van der Waals surface area contributed by atoms with E-state index in [4.69, 9.17) is 9.84 Å². The molecule has 5 heteroatoms. The summed E-state index contributed by atoms with van der Waals surface area (Å²) in [5.41, 5.74) is 0.931. The van der Waals surface area contributed by atoms with Gasteiger partial charge in [-0.05, 0) is 6.42 Å². The van der Waals surface area contributed by atoms with E-state index in [1.807, 2.05) is 0 Å². The molecule has 1 aromatic heterocycles. The van der Waals surface area contributed by atoms with E-state index in [0.717, 1.165) is 18.7 Å². The summed E-state index contributed by atoms with van der Waals surface area (Å²) in [6, 6.07) is 0. The molecule has 2 rings (SSSR count). The third-order valence-corrected chi connectivity index (χ3v) is 2.82. The Labute approximate surface area is 87.5 Å². The van der Waals surface area contributed by atoms with Gasteiger partial charge < -0.3 is 14.8 Å². The number of ether oxygens (including phenoxy) is 1. The molecule has 0 bridgehead atoms. The van der Waals surface area contributed by atoms with Gasteiger partial charge in [0.1, 0.15) is 12.2 Å². The summed E-state index contributed by atoms with van der Waals surface area (Å²) in [6.45, 7) is 3.52. The normalized spacial score (nSPS) is 25.7. The first-order valence-electron chi connectivity index (χ1n) is 4.94. The van der Waals surface area contributed by atoms with Crippen LogP contribution in [0.5, 0.6) is 0 Å². The van der Waals surface area contributed by atoms with Crippen molar-refractivity contribution in [2.45, 2.75) is 25.2 Å². The average Bonchev–Trinajstić information content (AvgIpc) is 2.74. The van der Waals surface area contributed by atoms with Crippen LogP contribution in [0.15, 0.2) is 6.20 Å². The number of aromatic nitrogens is 2. The van der Waals surface area contributed by atoms with E-state index in [0.29, 0.717) is 12.4 Å². The summed E-state index contributed by atoms with van der Waals surface area (Å²) >= 11 is 0. The van der Waals surface area contributed by atoms with Gasteiger partial charge in [0.05, 0.1) is 6.61 Å². The fourth-order valence-electron chi connectivity index (χ4n) is 1.78. The second kappa shape index (κ2) is 3.66. The lowest BCUT2D eigenvalue weighted by atomic mass is 9.87. The number of H-pyrrole nitrogens is 1. The maximum atomic E-state index is 10.5. The van der Waals surface area contributed by atoms with Crippen molar-refractivity contribution in [3.8, 4) is 0 Å². The number of aliphatic carboxylic acids is 1. The van der Waals surface area contributed by atoms with Crippen molar-refractivity contribution in [1.82, 2.24) is 9.97 Å². The predicted octanol–water partition coefficient (Wildman–Crippen LogP) is 0.715. The van der Waals surface area contributed by atoms with Gasteiger partial charge in [0, 0.05) is 23.9 Å². The SMILES string of the molecule is CC1(c2cnc(CC(=O)O)[nH]2)CCOC1. The Kier molecular flexibility index (Phi) is 2.48. The third kappa shape index (κ3) is 2.02. The Morgan fingerprint density at radius 1 is 1.80 bits per heavy atom. The largest absolute Gasteiger partial charge is 0.481 e. The van der Waals surface area contributed by atoms with Gasteiger partial charge in [0.25, 0.3) is 0 Å². The number of carboxylic acids is 1. The highest BCUT2D eigenvalue weighted by Crippen LogP contribution is 2.31. The molecule has 1 saturated heterocycles. The molecule has 0 saturated carbocycles. The first kappa shape index (κ1) is 10.2. The fourth-order valence-corrected chi connectivity index (χ4v) is 1.78. The number of rotatable bonds is 3. The summed E-state index contributed by atoms with van der Waals surface area (Å²) in [4.78, 5) is 17.6. The number of imidazole rings is 1. The zero-order valence-electron chi connectivity index (χ0n) is 8.62. The molecule has 1 aliphatic rings. The molecular formula is C10H14N2O3. The van der Waals surface area contributed by atoms with Gasteiger partial charge in [0.15, 0.2) is 0 Å². The molecule has 82 valence electrons. The zero-order chi connectivity index (χ0) is 10.9. The maximum absolute atomic E-state index is 10.5. The number of nitrogens with zero attached hydrogens (tertiary/aromatic N) is 1. The fraction of sp³-hybridized carbons (Fsp3) is 0.600. The summed E-state index contributed by atoms with van der Waals surface area (Å²) in [6.07, 6.45) is 2.60. The van der Waals surface area contributed by atoms with E-state index in [1.165, 1.54) is 0 Å². The van der Waals surface area contributed by atoms with Crippen molar-refractivity contribution in [2.75, 3.05) is 13.2 Å². The molecule has 5 nitrogen and oxygen atoms in total. The molecule has 0 spiro atoms. The third-order valence-electron chi connectivity index (χ3n) is 2.82. The number of hydrogen-bond donors (Lipinski definition) is 2. The molecule has 2 heterocycles. The molecule has 0 aliphatic carbocycles. The molecule has 15 heavy (non-hydrogen) atoms. The van der Waals surface area contributed by atoms with Crippen molar-refractivity contribution in [3.63, 3.8) is 0 Å². The zero-order valence-corrected chi connectivity index (χ0v) is 8.62. The van der Waals surface area contributed by atoms with Gasteiger partial charge in [-0.25, -0.2) is 4.98 Å². The van der Waals surface area contributed by atoms with Crippen LogP contribution in [0.3, 0.4) is 0 Å². The van der Waals surface area contributed by atoms with Gasteiger partial charge >= 0.3 is 5.97 Å². The van der Waals surface area contributed by atoms with E-state index in [1.54, 1.807) is 6.20 Å². The highest BCUT2D eigenvalue weighted by Gasteiger charge is 2.33. The Balaban J connectivity index is 2.15. The second-order valence-electron chi connectivity index (χ2n) is 4.18. The van der Waals surface area contributed by atoms with Gasteiger partial charge in [-0.2, -0.15) is 0 Å².